The van der Waals surface area contributed by atoms with E-state index in [2.05, 4.69) is 16.8 Å². The van der Waals surface area contributed by atoms with Crippen molar-refractivity contribution in [3.05, 3.63) is 71.2 Å². The third-order valence-electron chi connectivity index (χ3n) is 5.59. The number of hydrogen-bond donors (Lipinski definition) is 0. The Balaban J connectivity index is 1.93. The first kappa shape index (κ1) is 21.8. The zero-order valence-corrected chi connectivity index (χ0v) is 18.2. The maximum absolute atomic E-state index is 13.4. The lowest BCUT2D eigenvalue weighted by Gasteiger charge is -2.25. The van der Waals surface area contributed by atoms with Crippen molar-refractivity contribution < 1.29 is 9.59 Å². The second-order valence-electron chi connectivity index (χ2n) is 7.74. The van der Waals surface area contributed by atoms with Crippen LogP contribution in [-0.4, -0.2) is 46.2 Å². The average Bonchev–Trinajstić information content (AvgIpc) is 3.01. The Bertz CT molecular complexity index is 904. The van der Waals surface area contributed by atoms with E-state index in [-0.39, 0.29) is 11.8 Å². The molecule has 2 heterocycles. The van der Waals surface area contributed by atoms with Crippen LogP contribution in [0, 0.1) is 6.92 Å². The molecule has 1 aromatic carbocycles. The SMILES string of the molecule is CCCCCN1C(=O)C(c2ccc(C)cc2)=C(N(CC)CCc2ccncc2)C1=O. The van der Waals surface area contributed by atoms with Gasteiger partial charge in [0.2, 0.25) is 0 Å². The van der Waals surface area contributed by atoms with Gasteiger partial charge in [-0.3, -0.25) is 19.5 Å². The summed E-state index contributed by atoms with van der Waals surface area (Å²) >= 11 is 0. The lowest BCUT2D eigenvalue weighted by Crippen LogP contribution is -2.36. The molecule has 1 aliphatic heterocycles. The van der Waals surface area contributed by atoms with Crippen LogP contribution in [0.2, 0.25) is 0 Å². The van der Waals surface area contributed by atoms with E-state index in [1.54, 1.807) is 12.4 Å². The number of likely N-dealkylation sites (N-methyl/N-ethyl adjacent to an activating group) is 1. The Hall–Kier alpha value is -2.95. The second-order valence-corrected chi connectivity index (χ2v) is 7.74. The number of unbranched alkanes of at least 4 members (excludes halogenated alkanes) is 2. The zero-order chi connectivity index (χ0) is 21.5. The van der Waals surface area contributed by atoms with Crippen LogP contribution in [0.4, 0.5) is 0 Å². The van der Waals surface area contributed by atoms with Gasteiger partial charge in [0, 0.05) is 32.0 Å². The zero-order valence-electron chi connectivity index (χ0n) is 18.2. The molecule has 0 atom stereocenters. The minimum Gasteiger partial charge on any atom is -0.366 e. The molecule has 158 valence electrons. The average molecular weight is 406 g/mol. The number of hydrogen-bond acceptors (Lipinski definition) is 4. The van der Waals surface area contributed by atoms with Crippen molar-refractivity contribution in [1.29, 1.82) is 0 Å². The first-order valence-electron chi connectivity index (χ1n) is 10.9. The van der Waals surface area contributed by atoms with Crippen molar-refractivity contribution in [2.45, 2.75) is 46.5 Å². The Morgan fingerprint density at radius 3 is 2.27 bits per heavy atom. The van der Waals surface area contributed by atoms with Crippen molar-refractivity contribution in [2.75, 3.05) is 19.6 Å². The Kier molecular flexibility index (Phi) is 7.39. The molecule has 0 spiro atoms. The fourth-order valence-corrected chi connectivity index (χ4v) is 3.80. The van der Waals surface area contributed by atoms with Crippen LogP contribution in [0.1, 0.15) is 49.8 Å². The van der Waals surface area contributed by atoms with Crippen LogP contribution < -0.4 is 0 Å². The highest BCUT2D eigenvalue weighted by Gasteiger charge is 2.40. The molecule has 1 aliphatic rings. The minimum absolute atomic E-state index is 0.164. The third-order valence-corrected chi connectivity index (χ3v) is 5.59. The summed E-state index contributed by atoms with van der Waals surface area (Å²) in [6.45, 7) is 7.98. The van der Waals surface area contributed by atoms with Crippen LogP contribution in [0.5, 0.6) is 0 Å². The molecule has 5 heteroatoms. The van der Waals surface area contributed by atoms with E-state index >= 15 is 0 Å². The van der Waals surface area contributed by atoms with Gasteiger partial charge in [-0.2, -0.15) is 0 Å². The molecule has 0 bridgehead atoms. The molecule has 0 N–H and O–H groups in total. The summed E-state index contributed by atoms with van der Waals surface area (Å²) in [5, 5.41) is 0. The van der Waals surface area contributed by atoms with Gasteiger partial charge in [0.25, 0.3) is 11.8 Å². The van der Waals surface area contributed by atoms with Gasteiger partial charge in [0.1, 0.15) is 5.70 Å². The fraction of sp³-hybridized carbons (Fsp3) is 0.400. The summed E-state index contributed by atoms with van der Waals surface area (Å²) in [7, 11) is 0. The van der Waals surface area contributed by atoms with Crippen molar-refractivity contribution in [1.82, 2.24) is 14.8 Å². The smallest absolute Gasteiger partial charge is 0.277 e. The van der Waals surface area contributed by atoms with Crippen LogP contribution in [0.25, 0.3) is 5.57 Å². The number of carbonyl (C=O) groups is 2. The quantitative estimate of drug-likeness (QED) is 0.439. The normalized spacial score (nSPS) is 14.0. The predicted molar refractivity (Wildman–Crippen MR) is 120 cm³/mol. The molecule has 0 radical (unpaired) electrons. The predicted octanol–water partition coefficient (Wildman–Crippen LogP) is 4.22. The van der Waals surface area contributed by atoms with E-state index in [1.807, 2.05) is 50.2 Å². The Labute approximate surface area is 179 Å². The standard InChI is InChI=1S/C25H31N3O2/c1-4-6-7-17-28-24(29)22(21-10-8-19(3)9-11-21)23(25(28)30)27(5-2)18-14-20-12-15-26-16-13-20/h8-13,15-16H,4-7,14,17-18H2,1-3H3. The van der Waals surface area contributed by atoms with Gasteiger partial charge >= 0.3 is 0 Å². The Morgan fingerprint density at radius 2 is 1.63 bits per heavy atom. The molecule has 5 nitrogen and oxygen atoms in total. The molecule has 30 heavy (non-hydrogen) atoms. The minimum atomic E-state index is -0.169. The second kappa shape index (κ2) is 10.2. The summed E-state index contributed by atoms with van der Waals surface area (Å²) < 4.78 is 0. The highest BCUT2D eigenvalue weighted by molar-refractivity contribution is 6.35. The largest absolute Gasteiger partial charge is 0.366 e. The molecular weight excluding hydrogens is 374 g/mol. The molecule has 2 aromatic rings. The van der Waals surface area contributed by atoms with Crippen LogP contribution in [0.15, 0.2) is 54.5 Å². The van der Waals surface area contributed by atoms with E-state index in [0.29, 0.717) is 30.9 Å². The highest BCUT2D eigenvalue weighted by Crippen LogP contribution is 2.32. The monoisotopic (exact) mass is 405 g/mol. The number of aromatic nitrogens is 1. The molecule has 0 unspecified atom stereocenters. The fourth-order valence-electron chi connectivity index (χ4n) is 3.80. The van der Waals surface area contributed by atoms with E-state index in [1.165, 1.54) is 4.90 Å². The van der Waals surface area contributed by atoms with E-state index < -0.39 is 0 Å². The number of imide groups is 1. The van der Waals surface area contributed by atoms with E-state index in [9.17, 15) is 9.59 Å². The van der Waals surface area contributed by atoms with Crippen LogP contribution >= 0.6 is 0 Å². The number of aryl methyl sites for hydroxylation is 1. The molecular formula is C25H31N3O2. The van der Waals surface area contributed by atoms with Crippen LogP contribution in [-0.2, 0) is 16.0 Å². The third kappa shape index (κ3) is 4.78. The van der Waals surface area contributed by atoms with Gasteiger partial charge in [-0.15, -0.1) is 0 Å². The lowest BCUT2D eigenvalue weighted by molar-refractivity contribution is -0.137. The van der Waals surface area contributed by atoms with Gasteiger partial charge in [0.15, 0.2) is 0 Å². The van der Waals surface area contributed by atoms with Crippen LogP contribution in [0.3, 0.4) is 0 Å². The summed E-state index contributed by atoms with van der Waals surface area (Å²) in [5.74, 6) is -0.333. The van der Waals surface area contributed by atoms with Crippen molar-refractivity contribution in [3.8, 4) is 0 Å². The molecule has 0 aliphatic carbocycles. The highest BCUT2D eigenvalue weighted by atomic mass is 16.2. The summed E-state index contributed by atoms with van der Waals surface area (Å²) in [5.41, 5.74) is 4.18. The number of carbonyl (C=O) groups excluding carboxylic acids is 2. The molecule has 0 fully saturated rings. The van der Waals surface area contributed by atoms with Crippen molar-refractivity contribution >= 4 is 17.4 Å². The summed E-state index contributed by atoms with van der Waals surface area (Å²) in [6.07, 6.45) is 7.24. The molecule has 1 aromatic heterocycles. The van der Waals surface area contributed by atoms with Crippen molar-refractivity contribution in [3.63, 3.8) is 0 Å². The van der Waals surface area contributed by atoms with Gasteiger partial charge in [-0.25, -0.2) is 0 Å². The van der Waals surface area contributed by atoms with E-state index in [0.717, 1.165) is 42.4 Å². The first-order chi connectivity index (χ1) is 14.6. The Morgan fingerprint density at radius 1 is 0.933 bits per heavy atom. The number of nitrogens with zero attached hydrogens (tertiary/aromatic N) is 3. The first-order valence-corrected chi connectivity index (χ1v) is 10.9. The number of pyridine rings is 1. The van der Waals surface area contributed by atoms with Gasteiger partial charge in [0.05, 0.1) is 5.57 Å². The lowest BCUT2D eigenvalue weighted by atomic mass is 10.0. The van der Waals surface area contributed by atoms with Gasteiger partial charge < -0.3 is 4.90 Å². The van der Waals surface area contributed by atoms with Crippen molar-refractivity contribution in [2.24, 2.45) is 0 Å². The number of amides is 2. The summed E-state index contributed by atoms with van der Waals surface area (Å²) in [4.78, 5) is 34.2. The maximum atomic E-state index is 13.4. The molecule has 0 saturated carbocycles. The topological polar surface area (TPSA) is 53.5 Å². The molecule has 2 amide bonds. The summed E-state index contributed by atoms with van der Waals surface area (Å²) in [6, 6.07) is 11.9. The van der Waals surface area contributed by atoms with Gasteiger partial charge in [-0.1, -0.05) is 49.6 Å². The van der Waals surface area contributed by atoms with E-state index in [4.69, 9.17) is 0 Å². The number of benzene rings is 1. The maximum Gasteiger partial charge on any atom is 0.277 e. The number of rotatable bonds is 10. The molecule has 0 saturated heterocycles. The van der Waals surface area contributed by atoms with Gasteiger partial charge in [-0.05, 0) is 49.9 Å². The molecule has 3 rings (SSSR count).